The fourth-order valence-corrected chi connectivity index (χ4v) is 3.67. The molecule has 5 nitrogen and oxygen atoms in total. The molecule has 164 valence electrons. The van der Waals surface area contributed by atoms with Crippen molar-refractivity contribution in [3.05, 3.63) is 95.1 Å². The van der Waals surface area contributed by atoms with Crippen LogP contribution in [0.1, 0.15) is 27.0 Å². The summed E-state index contributed by atoms with van der Waals surface area (Å²) in [5, 5.41) is 4.83. The summed E-state index contributed by atoms with van der Waals surface area (Å²) in [7, 11) is 0. The molecular weight excluding hydrogens is 419 g/mol. The average molecular weight is 439 g/mol. The van der Waals surface area contributed by atoms with Gasteiger partial charge in [0, 0.05) is 24.3 Å². The van der Waals surface area contributed by atoms with Gasteiger partial charge in [0.2, 0.25) is 0 Å². The van der Waals surface area contributed by atoms with Crippen LogP contribution in [0.4, 0.5) is 29.3 Å². The van der Waals surface area contributed by atoms with Crippen LogP contribution in [-0.4, -0.2) is 18.5 Å². The molecule has 0 saturated heterocycles. The van der Waals surface area contributed by atoms with Crippen molar-refractivity contribution in [2.24, 2.45) is 0 Å². The summed E-state index contributed by atoms with van der Waals surface area (Å²) in [4.78, 5) is 26.8. The number of benzene rings is 3. The molecule has 1 aliphatic heterocycles. The fourth-order valence-electron chi connectivity index (χ4n) is 3.67. The molecule has 1 aliphatic rings. The van der Waals surface area contributed by atoms with Gasteiger partial charge in [-0.05, 0) is 47.9 Å². The smallest absolute Gasteiger partial charge is 0.334 e. The highest BCUT2D eigenvalue weighted by molar-refractivity contribution is 6.07. The minimum atomic E-state index is -4.57. The van der Waals surface area contributed by atoms with Crippen molar-refractivity contribution in [2.45, 2.75) is 19.1 Å². The Labute approximate surface area is 182 Å². The molecular formula is C24H20F3N3O2. The highest BCUT2D eigenvalue weighted by atomic mass is 19.4. The first-order valence-corrected chi connectivity index (χ1v) is 10.0. The average Bonchev–Trinajstić information content (AvgIpc) is 3.20. The van der Waals surface area contributed by atoms with E-state index >= 15 is 0 Å². The molecule has 3 amide bonds. The van der Waals surface area contributed by atoms with Crippen molar-refractivity contribution in [3.63, 3.8) is 0 Å². The quantitative estimate of drug-likeness (QED) is 0.585. The maximum atomic E-state index is 13.1. The summed E-state index contributed by atoms with van der Waals surface area (Å²) in [6.45, 7) is 0.662. The van der Waals surface area contributed by atoms with Crippen molar-refractivity contribution in [1.29, 1.82) is 0 Å². The van der Waals surface area contributed by atoms with E-state index in [9.17, 15) is 22.8 Å². The molecule has 0 aromatic heterocycles. The SMILES string of the molecule is O=C(NCc1ccc2c(c1)N(C(=O)c1ccccc1)CC2)Nc1ccccc1C(F)(F)F. The Morgan fingerprint density at radius 1 is 0.938 bits per heavy atom. The Kier molecular flexibility index (Phi) is 5.85. The summed E-state index contributed by atoms with van der Waals surface area (Å²) in [5.41, 5.74) is 1.90. The van der Waals surface area contributed by atoms with Crippen molar-refractivity contribution in [2.75, 3.05) is 16.8 Å². The third kappa shape index (κ3) is 4.59. The van der Waals surface area contributed by atoms with Crippen LogP contribution >= 0.6 is 0 Å². The zero-order chi connectivity index (χ0) is 22.7. The first-order valence-electron chi connectivity index (χ1n) is 10.0. The number of amides is 3. The number of rotatable bonds is 4. The van der Waals surface area contributed by atoms with Crippen LogP contribution in [0.15, 0.2) is 72.8 Å². The summed E-state index contributed by atoms with van der Waals surface area (Å²) in [5.74, 6) is -0.101. The van der Waals surface area contributed by atoms with Gasteiger partial charge in [0.1, 0.15) is 0 Å². The lowest BCUT2D eigenvalue weighted by Crippen LogP contribution is -2.30. The molecule has 0 spiro atoms. The molecule has 3 aromatic carbocycles. The van der Waals surface area contributed by atoms with Gasteiger partial charge >= 0.3 is 12.2 Å². The predicted octanol–water partition coefficient (Wildman–Crippen LogP) is 5.23. The van der Waals surface area contributed by atoms with E-state index in [1.807, 2.05) is 24.3 Å². The normalized spacial score (nSPS) is 12.9. The first kappa shape index (κ1) is 21.4. The van der Waals surface area contributed by atoms with E-state index in [4.69, 9.17) is 0 Å². The van der Waals surface area contributed by atoms with Gasteiger partial charge in [-0.2, -0.15) is 13.2 Å². The minimum absolute atomic E-state index is 0.0979. The van der Waals surface area contributed by atoms with Crippen LogP contribution in [0.2, 0.25) is 0 Å². The molecule has 0 fully saturated rings. The van der Waals surface area contributed by atoms with Crippen LogP contribution in [0, 0.1) is 0 Å². The number of carbonyl (C=O) groups is 2. The third-order valence-electron chi connectivity index (χ3n) is 5.24. The van der Waals surface area contributed by atoms with E-state index in [-0.39, 0.29) is 18.1 Å². The molecule has 0 unspecified atom stereocenters. The molecule has 0 radical (unpaired) electrons. The third-order valence-corrected chi connectivity index (χ3v) is 5.24. The van der Waals surface area contributed by atoms with Gasteiger partial charge in [-0.3, -0.25) is 4.79 Å². The summed E-state index contributed by atoms with van der Waals surface area (Å²) in [6, 6.07) is 18.6. The van der Waals surface area contributed by atoms with E-state index < -0.39 is 17.8 Å². The molecule has 8 heteroatoms. The molecule has 3 aromatic rings. The molecule has 2 N–H and O–H groups in total. The van der Waals surface area contributed by atoms with Crippen molar-refractivity contribution in [1.82, 2.24) is 5.32 Å². The molecule has 0 saturated carbocycles. The molecule has 0 aliphatic carbocycles. The van der Waals surface area contributed by atoms with Crippen LogP contribution in [-0.2, 0) is 19.1 Å². The Morgan fingerprint density at radius 2 is 1.66 bits per heavy atom. The number of para-hydroxylation sites is 1. The standard InChI is InChI=1S/C24H20F3N3O2/c25-24(26,27)19-8-4-5-9-20(19)29-23(32)28-15-16-10-11-17-12-13-30(21(17)14-16)22(31)18-6-2-1-3-7-18/h1-11,14H,12-13,15H2,(H2,28,29,32). The van der Waals surface area contributed by atoms with Crippen molar-refractivity contribution in [3.8, 4) is 0 Å². The lowest BCUT2D eigenvalue weighted by Gasteiger charge is -2.18. The van der Waals surface area contributed by atoms with E-state index in [0.717, 1.165) is 29.3 Å². The van der Waals surface area contributed by atoms with E-state index in [2.05, 4.69) is 10.6 Å². The van der Waals surface area contributed by atoms with Gasteiger partial charge in [-0.15, -0.1) is 0 Å². The molecule has 32 heavy (non-hydrogen) atoms. The number of carbonyl (C=O) groups excluding carboxylic acids is 2. The van der Waals surface area contributed by atoms with Gasteiger partial charge in [0.05, 0.1) is 11.3 Å². The van der Waals surface area contributed by atoms with E-state index in [1.54, 1.807) is 29.2 Å². The zero-order valence-corrected chi connectivity index (χ0v) is 16.9. The zero-order valence-electron chi connectivity index (χ0n) is 16.9. The topological polar surface area (TPSA) is 61.4 Å². The highest BCUT2D eigenvalue weighted by Crippen LogP contribution is 2.34. The number of alkyl halides is 3. The number of urea groups is 1. The Bertz CT molecular complexity index is 1150. The van der Waals surface area contributed by atoms with Crippen LogP contribution in [0.5, 0.6) is 0 Å². The van der Waals surface area contributed by atoms with Crippen LogP contribution < -0.4 is 15.5 Å². The Balaban J connectivity index is 1.44. The van der Waals surface area contributed by atoms with Gasteiger partial charge in [0.25, 0.3) is 5.91 Å². The number of halogens is 3. The molecule has 1 heterocycles. The first-order chi connectivity index (χ1) is 15.3. The van der Waals surface area contributed by atoms with Gasteiger partial charge in [-0.25, -0.2) is 4.79 Å². The predicted molar refractivity (Wildman–Crippen MR) is 116 cm³/mol. The number of nitrogens with one attached hydrogen (secondary N) is 2. The lowest BCUT2D eigenvalue weighted by atomic mass is 10.1. The van der Waals surface area contributed by atoms with E-state index in [1.165, 1.54) is 18.2 Å². The second kappa shape index (κ2) is 8.74. The number of fused-ring (bicyclic) bond motifs is 1. The lowest BCUT2D eigenvalue weighted by molar-refractivity contribution is -0.136. The Hall–Kier alpha value is -3.81. The second-order valence-electron chi connectivity index (χ2n) is 7.39. The Morgan fingerprint density at radius 3 is 2.41 bits per heavy atom. The monoisotopic (exact) mass is 439 g/mol. The highest BCUT2D eigenvalue weighted by Gasteiger charge is 2.33. The number of anilines is 2. The number of hydrogen-bond donors (Lipinski definition) is 2. The summed E-state index contributed by atoms with van der Waals surface area (Å²) >= 11 is 0. The van der Waals surface area contributed by atoms with Crippen molar-refractivity contribution >= 4 is 23.3 Å². The molecule has 0 atom stereocenters. The van der Waals surface area contributed by atoms with Crippen molar-refractivity contribution < 1.29 is 22.8 Å². The van der Waals surface area contributed by atoms with Gasteiger partial charge < -0.3 is 15.5 Å². The minimum Gasteiger partial charge on any atom is -0.334 e. The molecule has 0 bridgehead atoms. The van der Waals surface area contributed by atoms with Crippen LogP contribution in [0.25, 0.3) is 0 Å². The fraction of sp³-hybridized carbons (Fsp3) is 0.167. The molecule has 4 rings (SSSR count). The van der Waals surface area contributed by atoms with Crippen LogP contribution in [0.3, 0.4) is 0 Å². The second-order valence-corrected chi connectivity index (χ2v) is 7.39. The maximum Gasteiger partial charge on any atom is 0.418 e. The number of nitrogens with zero attached hydrogens (tertiary/aromatic N) is 1. The largest absolute Gasteiger partial charge is 0.418 e. The summed E-state index contributed by atoms with van der Waals surface area (Å²) in [6.07, 6.45) is -3.84. The van der Waals surface area contributed by atoms with E-state index in [0.29, 0.717) is 12.1 Å². The van der Waals surface area contributed by atoms with Gasteiger partial charge in [-0.1, -0.05) is 42.5 Å². The number of hydrogen-bond acceptors (Lipinski definition) is 2. The maximum absolute atomic E-state index is 13.1. The van der Waals surface area contributed by atoms with Gasteiger partial charge in [0.15, 0.2) is 0 Å². The summed E-state index contributed by atoms with van der Waals surface area (Å²) < 4.78 is 39.3.